The zero-order chi connectivity index (χ0) is 15.4. The van der Waals surface area contributed by atoms with E-state index in [-0.39, 0.29) is 0 Å². The topological polar surface area (TPSA) is 52.2 Å². The molecule has 0 aliphatic rings. The molecule has 0 saturated heterocycles. The van der Waals surface area contributed by atoms with Crippen molar-refractivity contribution in [3.63, 3.8) is 0 Å². The lowest BCUT2D eigenvalue weighted by atomic mass is 10.2. The molecular weight excluding hydrogens is 266 g/mol. The van der Waals surface area contributed by atoms with Crippen molar-refractivity contribution < 1.29 is 9.15 Å². The zero-order valence-electron chi connectivity index (χ0n) is 13.6. The number of nitrogens with one attached hydrogen (secondary N) is 1. The number of nitrogens with zero attached hydrogens (tertiary/aromatic N) is 2. The summed E-state index contributed by atoms with van der Waals surface area (Å²) >= 11 is 0. The van der Waals surface area contributed by atoms with Gasteiger partial charge in [-0.2, -0.15) is 5.10 Å². The molecular formula is C16H25N3O2. The van der Waals surface area contributed by atoms with Gasteiger partial charge in [-0.25, -0.2) is 0 Å². The fourth-order valence-corrected chi connectivity index (χ4v) is 2.32. The van der Waals surface area contributed by atoms with Crippen LogP contribution in [-0.4, -0.2) is 16.3 Å². The number of aromatic nitrogens is 2. The minimum atomic E-state index is 0.510. The van der Waals surface area contributed by atoms with Gasteiger partial charge in [0.1, 0.15) is 23.8 Å². The lowest BCUT2D eigenvalue weighted by Crippen LogP contribution is -2.13. The molecule has 0 saturated carbocycles. The highest BCUT2D eigenvalue weighted by Crippen LogP contribution is 2.24. The molecule has 0 spiro atoms. The Bertz CT molecular complexity index is 599. The Labute approximate surface area is 126 Å². The first kappa shape index (κ1) is 15.6. The minimum absolute atomic E-state index is 0.510. The second kappa shape index (κ2) is 6.80. The average Bonchev–Trinajstić information content (AvgIpc) is 2.90. The first-order valence-corrected chi connectivity index (χ1v) is 7.44. The Kier molecular flexibility index (Phi) is 5.07. The lowest BCUT2D eigenvalue weighted by molar-refractivity contribution is 0.298. The van der Waals surface area contributed by atoms with E-state index in [4.69, 9.17) is 9.15 Å². The highest BCUT2D eigenvalue weighted by atomic mass is 16.5. The van der Waals surface area contributed by atoms with Gasteiger partial charge in [-0.1, -0.05) is 6.92 Å². The van der Waals surface area contributed by atoms with Crippen molar-refractivity contribution in [1.29, 1.82) is 0 Å². The van der Waals surface area contributed by atoms with E-state index in [1.54, 1.807) is 0 Å². The number of furan rings is 1. The lowest BCUT2D eigenvalue weighted by Gasteiger charge is -2.05. The maximum Gasteiger partial charge on any atom is 0.163 e. The molecule has 5 nitrogen and oxygen atoms in total. The van der Waals surface area contributed by atoms with Gasteiger partial charge in [-0.05, 0) is 39.8 Å². The molecule has 5 heteroatoms. The van der Waals surface area contributed by atoms with Crippen LogP contribution in [-0.2, 0) is 20.2 Å². The van der Waals surface area contributed by atoms with Crippen LogP contribution >= 0.6 is 0 Å². The van der Waals surface area contributed by atoms with Crippen LogP contribution in [0.2, 0.25) is 0 Å². The Morgan fingerprint density at radius 3 is 2.71 bits per heavy atom. The number of rotatable bonds is 7. The molecule has 0 aliphatic carbocycles. The molecule has 0 bridgehead atoms. The second-order valence-electron chi connectivity index (χ2n) is 5.38. The third-order valence-electron chi connectivity index (χ3n) is 3.61. The summed E-state index contributed by atoms with van der Waals surface area (Å²) in [5.41, 5.74) is 3.05. The number of hydrogen-bond acceptors (Lipinski definition) is 4. The molecule has 21 heavy (non-hydrogen) atoms. The molecule has 0 atom stereocenters. The summed E-state index contributed by atoms with van der Waals surface area (Å²) in [6, 6.07) is 2.07. The van der Waals surface area contributed by atoms with E-state index < -0.39 is 0 Å². The number of hydrogen-bond donors (Lipinski definition) is 1. The molecule has 0 unspecified atom stereocenters. The molecule has 0 aromatic carbocycles. The van der Waals surface area contributed by atoms with Gasteiger partial charge in [0.2, 0.25) is 0 Å². The largest absolute Gasteiger partial charge is 0.485 e. The van der Waals surface area contributed by atoms with Crippen LogP contribution in [0, 0.1) is 20.8 Å². The van der Waals surface area contributed by atoms with E-state index in [9.17, 15) is 0 Å². The molecule has 2 rings (SSSR count). The van der Waals surface area contributed by atoms with Crippen molar-refractivity contribution >= 4 is 0 Å². The molecule has 0 fully saturated rings. The zero-order valence-corrected chi connectivity index (χ0v) is 13.6. The van der Waals surface area contributed by atoms with Crippen molar-refractivity contribution in [2.24, 2.45) is 7.05 Å². The van der Waals surface area contributed by atoms with Crippen LogP contribution in [0.1, 0.15) is 41.8 Å². The number of ether oxygens (including phenoxy) is 1. The van der Waals surface area contributed by atoms with Crippen molar-refractivity contribution in [2.75, 3.05) is 6.54 Å². The maximum atomic E-state index is 5.93. The van der Waals surface area contributed by atoms with Crippen LogP contribution in [0.15, 0.2) is 10.5 Å². The van der Waals surface area contributed by atoms with Crippen molar-refractivity contribution in [3.05, 3.63) is 34.5 Å². The summed E-state index contributed by atoms with van der Waals surface area (Å²) in [6.07, 6.45) is 1.12. The third-order valence-corrected chi connectivity index (χ3v) is 3.61. The monoisotopic (exact) mass is 291 g/mol. The Balaban J connectivity index is 2.00. The van der Waals surface area contributed by atoms with Gasteiger partial charge in [0.15, 0.2) is 5.75 Å². The van der Waals surface area contributed by atoms with E-state index in [0.717, 1.165) is 53.7 Å². The summed E-state index contributed by atoms with van der Waals surface area (Å²) in [7, 11) is 1.93. The van der Waals surface area contributed by atoms with Crippen molar-refractivity contribution in [3.8, 4) is 5.75 Å². The summed E-state index contributed by atoms with van der Waals surface area (Å²) in [5.74, 6) is 2.74. The molecule has 2 aromatic heterocycles. The third kappa shape index (κ3) is 3.67. The van der Waals surface area contributed by atoms with Gasteiger partial charge in [0, 0.05) is 12.6 Å². The summed E-state index contributed by atoms with van der Waals surface area (Å²) in [6.45, 7) is 10.4. The molecule has 0 radical (unpaired) electrons. The van der Waals surface area contributed by atoms with Gasteiger partial charge < -0.3 is 14.5 Å². The fraction of sp³-hybridized carbons (Fsp3) is 0.562. The highest BCUT2D eigenvalue weighted by molar-refractivity contribution is 5.32. The quantitative estimate of drug-likeness (QED) is 0.797. The molecule has 0 aliphatic heterocycles. The minimum Gasteiger partial charge on any atom is -0.485 e. The van der Waals surface area contributed by atoms with Gasteiger partial charge in [0.05, 0.1) is 12.2 Å². The van der Waals surface area contributed by atoms with Gasteiger partial charge in [0.25, 0.3) is 0 Å². The molecule has 2 aromatic rings. The van der Waals surface area contributed by atoms with Crippen LogP contribution in [0.5, 0.6) is 5.75 Å². The van der Waals surface area contributed by atoms with Gasteiger partial charge in [-0.3, -0.25) is 4.68 Å². The Morgan fingerprint density at radius 2 is 2.10 bits per heavy atom. The molecule has 116 valence electrons. The van der Waals surface area contributed by atoms with E-state index in [1.165, 1.54) is 0 Å². The Morgan fingerprint density at radius 1 is 1.33 bits per heavy atom. The van der Waals surface area contributed by atoms with E-state index in [2.05, 4.69) is 23.4 Å². The van der Waals surface area contributed by atoms with E-state index >= 15 is 0 Å². The first-order valence-electron chi connectivity index (χ1n) is 7.44. The summed E-state index contributed by atoms with van der Waals surface area (Å²) < 4.78 is 13.5. The van der Waals surface area contributed by atoms with Gasteiger partial charge >= 0.3 is 0 Å². The molecule has 2 heterocycles. The average molecular weight is 291 g/mol. The normalized spacial score (nSPS) is 11.1. The van der Waals surface area contributed by atoms with Gasteiger partial charge in [-0.15, -0.1) is 0 Å². The molecule has 0 amide bonds. The fourth-order valence-electron chi connectivity index (χ4n) is 2.32. The highest BCUT2D eigenvalue weighted by Gasteiger charge is 2.13. The van der Waals surface area contributed by atoms with Crippen LogP contribution in [0.4, 0.5) is 0 Å². The summed E-state index contributed by atoms with van der Waals surface area (Å²) in [4.78, 5) is 0. The molecule has 1 N–H and O–H groups in total. The first-order chi connectivity index (χ1) is 10.0. The SMILES string of the molecule is CCCNCc1cc(COc2c(C)nn(C)c2C)c(C)o1. The van der Waals surface area contributed by atoms with E-state index in [0.29, 0.717) is 6.61 Å². The Hall–Kier alpha value is -1.75. The predicted molar refractivity (Wildman–Crippen MR) is 82.5 cm³/mol. The standard InChI is InChI=1S/C16H25N3O2/c1-6-7-17-9-15-8-14(13(4)21-15)10-20-16-11(2)18-19(5)12(16)3/h8,17H,6-7,9-10H2,1-5H3. The predicted octanol–water partition coefficient (Wildman–Crippen LogP) is 3.02. The number of aryl methyl sites for hydroxylation is 3. The van der Waals surface area contributed by atoms with Crippen molar-refractivity contribution in [1.82, 2.24) is 15.1 Å². The van der Waals surface area contributed by atoms with E-state index in [1.807, 2.05) is 32.5 Å². The smallest absolute Gasteiger partial charge is 0.163 e. The van der Waals surface area contributed by atoms with Crippen molar-refractivity contribution in [2.45, 2.75) is 47.3 Å². The van der Waals surface area contributed by atoms with Crippen LogP contribution in [0.3, 0.4) is 0 Å². The summed E-state index contributed by atoms with van der Waals surface area (Å²) in [5, 5.41) is 7.70. The van der Waals surface area contributed by atoms with Crippen LogP contribution < -0.4 is 10.1 Å². The maximum absolute atomic E-state index is 5.93. The second-order valence-corrected chi connectivity index (χ2v) is 5.38. The van der Waals surface area contributed by atoms with Crippen LogP contribution in [0.25, 0.3) is 0 Å².